The Kier molecular flexibility index (Phi) is 6.62. The minimum absolute atomic E-state index is 0.126. The molecular formula is C24H28N4O2S2. The second kappa shape index (κ2) is 9.77. The Morgan fingerprint density at radius 3 is 2.94 bits per heavy atom. The van der Waals surface area contributed by atoms with Gasteiger partial charge in [0, 0.05) is 13.7 Å². The van der Waals surface area contributed by atoms with E-state index in [4.69, 9.17) is 4.74 Å². The smallest absolute Gasteiger partial charge is 0.233 e. The molecule has 3 heterocycles. The van der Waals surface area contributed by atoms with Crippen molar-refractivity contribution in [2.75, 3.05) is 19.4 Å². The summed E-state index contributed by atoms with van der Waals surface area (Å²) in [6.07, 6.45) is 5.56. The monoisotopic (exact) mass is 468 g/mol. The van der Waals surface area contributed by atoms with Gasteiger partial charge in [0.2, 0.25) is 5.91 Å². The number of ether oxygens (including phenoxy) is 1. The van der Waals surface area contributed by atoms with Crippen molar-refractivity contribution in [3.8, 4) is 10.7 Å². The zero-order valence-electron chi connectivity index (χ0n) is 18.3. The molecule has 1 saturated heterocycles. The Bertz CT molecular complexity index is 1060. The molecule has 3 aromatic rings. The fourth-order valence-corrected chi connectivity index (χ4v) is 6.26. The van der Waals surface area contributed by atoms with Crippen molar-refractivity contribution in [1.29, 1.82) is 0 Å². The highest BCUT2D eigenvalue weighted by Crippen LogP contribution is 2.34. The van der Waals surface area contributed by atoms with E-state index in [1.165, 1.54) is 22.9 Å². The van der Waals surface area contributed by atoms with Crippen molar-refractivity contribution in [2.45, 2.75) is 56.0 Å². The number of carbonyl (C=O) groups excluding carboxylic acids is 1. The summed E-state index contributed by atoms with van der Waals surface area (Å²) in [5, 5.41) is 11.8. The number of hydrogen-bond donors (Lipinski definition) is 0. The van der Waals surface area contributed by atoms with Crippen LogP contribution in [0.15, 0.2) is 46.9 Å². The Balaban J connectivity index is 1.31. The summed E-state index contributed by atoms with van der Waals surface area (Å²) in [5.74, 6) is 1.34. The van der Waals surface area contributed by atoms with E-state index in [0.29, 0.717) is 5.75 Å². The van der Waals surface area contributed by atoms with Gasteiger partial charge in [-0.3, -0.25) is 9.36 Å². The predicted molar refractivity (Wildman–Crippen MR) is 128 cm³/mol. The molecule has 2 aromatic heterocycles. The maximum absolute atomic E-state index is 13.1. The number of thiophene rings is 1. The van der Waals surface area contributed by atoms with Crippen molar-refractivity contribution in [3.63, 3.8) is 0 Å². The molecule has 1 amide bonds. The topological polar surface area (TPSA) is 60.2 Å². The Hall–Kier alpha value is -2.16. The molecule has 8 heteroatoms. The van der Waals surface area contributed by atoms with Gasteiger partial charge in [0.1, 0.15) is 0 Å². The molecule has 2 unspecified atom stereocenters. The number of carbonyl (C=O) groups is 1. The lowest BCUT2D eigenvalue weighted by Crippen LogP contribution is -2.34. The van der Waals surface area contributed by atoms with Gasteiger partial charge >= 0.3 is 0 Å². The van der Waals surface area contributed by atoms with Crippen molar-refractivity contribution in [3.05, 3.63) is 52.9 Å². The van der Waals surface area contributed by atoms with Gasteiger partial charge in [0.05, 0.1) is 29.3 Å². The van der Waals surface area contributed by atoms with Gasteiger partial charge in [-0.25, -0.2) is 0 Å². The summed E-state index contributed by atoms with van der Waals surface area (Å²) in [4.78, 5) is 16.2. The third-order valence-electron chi connectivity index (χ3n) is 6.39. The molecule has 0 radical (unpaired) electrons. The maximum Gasteiger partial charge on any atom is 0.233 e. The molecular weight excluding hydrogens is 440 g/mol. The zero-order valence-corrected chi connectivity index (χ0v) is 19.9. The summed E-state index contributed by atoms with van der Waals surface area (Å²) in [6.45, 7) is 1.54. The summed E-state index contributed by atoms with van der Waals surface area (Å²) < 4.78 is 8.01. The van der Waals surface area contributed by atoms with Crippen LogP contribution in [-0.2, 0) is 22.5 Å². The van der Waals surface area contributed by atoms with Crippen molar-refractivity contribution >= 4 is 29.0 Å². The first-order valence-corrected chi connectivity index (χ1v) is 13.1. The summed E-state index contributed by atoms with van der Waals surface area (Å²) >= 11 is 3.13. The van der Waals surface area contributed by atoms with E-state index in [-0.39, 0.29) is 18.1 Å². The van der Waals surface area contributed by atoms with E-state index in [2.05, 4.69) is 45.1 Å². The van der Waals surface area contributed by atoms with E-state index in [1.807, 2.05) is 23.4 Å². The predicted octanol–water partition coefficient (Wildman–Crippen LogP) is 4.81. The van der Waals surface area contributed by atoms with Crippen LogP contribution in [0, 0.1) is 0 Å². The van der Waals surface area contributed by atoms with Gasteiger partial charge in [-0.2, -0.15) is 0 Å². The SMILES string of the molecule is CN(C(=O)CSc1nnc(-c2cccs2)n1CC1CCCO1)C1CCCc2ccccc21. The van der Waals surface area contributed by atoms with Gasteiger partial charge in [-0.15, -0.1) is 21.5 Å². The number of aryl methyl sites for hydroxylation is 1. The molecule has 2 aliphatic rings. The molecule has 6 nitrogen and oxygen atoms in total. The fraction of sp³-hybridized carbons (Fsp3) is 0.458. The van der Waals surface area contributed by atoms with Crippen LogP contribution < -0.4 is 0 Å². The Morgan fingerprint density at radius 1 is 1.22 bits per heavy atom. The summed E-state index contributed by atoms with van der Waals surface area (Å²) in [5.41, 5.74) is 2.66. The van der Waals surface area contributed by atoms with E-state index in [1.54, 1.807) is 11.3 Å². The Morgan fingerprint density at radius 2 is 2.12 bits per heavy atom. The van der Waals surface area contributed by atoms with Gasteiger partial charge in [-0.05, 0) is 54.7 Å². The van der Waals surface area contributed by atoms with Crippen LogP contribution in [0.2, 0.25) is 0 Å². The first-order chi connectivity index (χ1) is 15.7. The molecule has 1 aliphatic heterocycles. The number of aromatic nitrogens is 3. The number of amides is 1. The minimum atomic E-state index is 0.126. The van der Waals surface area contributed by atoms with Crippen LogP contribution in [-0.4, -0.2) is 51.1 Å². The lowest BCUT2D eigenvalue weighted by atomic mass is 9.87. The highest BCUT2D eigenvalue weighted by atomic mass is 32.2. The summed E-state index contributed by atoms with van der Waals surface area (Å²) in [7, 11) is 1.93. The molecule has 168 valence electrons. The van der Waals surface area contributed by atoms with Crippen molar-refractivity contribution < 1.29 is 9.53 Å². The van der Waals surface area contributed by atoms with Crippen LogP contribution >= 0.6 is 23.1 Å². The standard InChI is InChI=1S/C24H28N4O2S2/c1-27(20-11-4-8-17-7-2-3-10-19(17)20)22(29)16-32-24-26-25-23(21-12-6-14-31-21)28(24)15-18-9-5-13-30-18/h2-3,6-7,10,12,14,18,20H,4-5,8-9,11,13,15-16H2,1H3. The number of rotatable bonds is 7. The number of nitrogens with zero attached hydrogens (tertiary/aromatic N) is 4. The van der Waals surface area contributed by atoms with Crippen LogP contribution in [0.25, 0.3) is 10.7 Å². The summed E-state index contributed by atoms with van der Waals surface area (Å²) in [6, 6.07) is 12.8. The molecule has 5 rings (SSSR count). The second-order valence-electron chi connectivity index (χ2n) is 8.43. The van der Waals surface area contributed by atoms with E-state index >= 15 is 0 Å². The molecule has 0 spiro atoms. The van der Waals surface area contributed by atoms with Crippen LogP contribution in [0.3, 0.4) is 0 Å². The fourth-order valence-electron chi connectivity index (χ4n) is 4.67. The third kappa shape index (κ3) is 4.49. The van der Waals surface area contributed by atoms with Crippen LogP contribution in [0.4, 0.5) is 0 Å². The first-order valence-electron chi connectivity index (χ1n) is 11.3. The van der Waals surface area contributed by atoms with Gasteiger partial charge in [0.15, 0.2) is 11.0 Å². The van der Waals surface area contributed by atoms with Gasteiger partial charge < -0.3 is 9.64 Å². The molecule has 32 heavy (non-hydrogen) atoms. The van der Waals surface area contributed by atoms with Gasteiger partial charge in [0.25, 0.3) is 0 Å². The lowest BCUT2D eigenvalue weighted by molar-refractivity contribution is -0.129. The largest absolute Gasteiger partial charge is 0.376 e. The average molecular weight is 469 g/mol. The third-order valence-corrected chi connectivity index (χ3v) is 8.21. The molecule has 0 saturated carbocycles. The first kappa shape index (κ1) is 21.7. The Labute approximate surface area is 197 Å². The van der Waals surface area contributed by atoms with E-state index in [9.17, 15) is 4.79 Å². The average Bonchev–Trinajstić information content (AvgIpc) is 3.59. The molecule has 1 aromatic carbocycles. The number of fused-ring (bicyclic) bond motifs is 1. The highest BCUT2D eigenvalue weighted by molar-refractivity contribution is 7.99. The van der Waals surface area contributed by atoms with E-state index in [0.717, 1.165) is 61.1 Å². The highest BCUT2D eigenvalue weighted by Gasteiger charge is 2.27. The lowest BCUT2D eigenvalue weighted by Gasteiger charge is -2.33. The quantitative estimate of drug-likeness (QED) is 0.466. The van der Waals surface area contributed by atoms with E-state index < -0.39 is 0 Å². The maximum atomic E-state index is 13.1. The number of benzene rings is 1. The normalized spacial score (nSPS) is 20.3. The molecule has 2 atom stereocenters. The van der Waals surface area contributed by atoms with Gasteiger partial charge in [-0.1, -0.05) is 42.1 Å². The van der Waals surface area contributed by atoms with Crippen molar-refractivity contribution in [1.82, 2.24) is 19.7 Å². The number of hydrogen-bond acceptors (Lipinski definition) is 6. The second-order valence-corrected chi connectivity index (χ2v) is 10.3. The number of thioether (sulfide) groups is 1. The van der Waals surface area contributed by atoms with Crippen molar-refractivity contribution in [2.24, 2.45) is 0 Å². The minimum Gasteiger partial charge on any atom is -0.376 e. The zero-order chi connectivity index (χ0) is 21.9. The molecule has 0 N–H and O–H groups in total. The molecule has 0 bridgehead atoms. The van der Waals surface area contributed by atoms with Crippen LogP contribution in [0.1, 0.15) is 42.9 Å². The molecule has 1 aliphatic carbocycles. The molecule has 1 fully saturated rings. The van der Waals surface area contributed by atoms with Crippen LogP contribution in [0.5, 0.6) is 0 Å².